The summed E-state index contributed by atoms with van der Waals surface area (Å²) in [5.41, 5.74) is 0. The molecule has 0 saturated carbocycles. The summed E-state index contributed by atoms with van der Waals surface area (Å²) in [6.07, 6.45) is 17.1. The van der Waals surface area contributed by atoms with Gasteiger partial charge in [-0.1, -0.05) is 65.2 Å². The Labute approximate surface area is 173 Å². The predicted molar refractivity (Wildman–Crippen MR) is 117 cm³/mol. The average molecular weight is 411 g/mol. The van der Waals surface area contributed by atoms with Crippen molar-refractivity contribution in [2.75, 3.05) is 26.4 Å². The number of hydrogen-bond donors (Lipinski definition) is 0. The highest BCUT2D eigenvalue weighted by Gasteiger charge is 2.01. The monoisotopic (exact) mass is 410 g/mol. The third-order valence-electron chi connectivity index (χ3n) is 4.87. The van der Waals surface area contributed by atoms with E-state index < -0.39 is 0 Å². The van der Waals surface area contributed by atoms with Crippen molar-refractivity contribution in [3.05, 3.63) is 0 Å². The molecular formula is C22H44Cl2O2. The van der Waals surface area contributed by atoms with E-state index in [4.69, 9.17) is 32.7 Å². The summed E-state index contributed by atoms with van der Waals surface area (Å²) in [6, 6.07) is 0. The first-order valence-corrected chi connectivity index (χ1v) is 12.0. The van der Waals surface area contributed by atoms with E-state index in [0.29, 0.717) is 10.8 Å². The van der Waals surface area contributed by atoms with Gasteiger partial charge < -0.3 is 9.47 Å². The molecule has 0 bridgehead atoms. The number of halogens is 2. The van der Waals surface area contributed by atoms with E-state index in [1.807, 2.05) is 0 Å². The van der Waals surface area contributed by atoms with Crippen LogP contribution in [0.5, 0.6) is 0 Å². The minimum absolute atomic E-state index is 0.378. The molecule has 0 aromatic rings. The van der Waals surface area contributed by atoms with Crippen LogP contribution in [0.2, 0.25) is 0 Å². The van der Waals surface area contributed by atoms with E-state index in [1.54, 1.807) is 0 Å². The molecule has 26 heavy (non-hydrogen) atoms. The maximum Gasteiger partial charge on any atom is 0.0700 e. The van der Waals surface area contributed by atoms with Gasteiger partial charge in [0.25, 0.3) is 0 Å². The Morgan fingerprint density at radius 2 is 0.846 bits per heavy atom. The predicted octanol–water partition coefficient (Wildman–Crippen LogP) is 7.74. The van der Waals surface area contributed by atoms with E-state index in [2.05, 4.69) is 13.8 Å². The fourth-order valence-electron chi connectivity index (χ4n) is 2.93. The van der Waals surface area contributed by atoms with Crippen LogP contribution in [0, 0.1) is 0 Å². The minimum atomic E-state index is 0.378. The summed E-state index contributed by atoms with van der Waals surface area (Å²) in [7, 11) is 0. The van der Waals surface area contributed by atoms with Gasteiger partial charge in [-0.05, 0) is 38.5 Å². The Hall–Kier alpha value is 0.500. The zero-order valence-corrected chi connectivity index (χ0v) is 19.0. The molecule has 2 nitrogen and oxygen atoms in total. The molecule has 0 N–H and O–H groups in total. The normalized spacial score (nSPS) is 13.8. The topological polar surface area (TPSA) is 18.5 Å². The summed E-state index contributed by atoms with van der Waals surface area (Å²) in [4.78, 5) is 0. The fraction of sp³-hybridized carbons (Fsp3) is 1.00. The van der Waals surface area contributed by atoms with Gasteiger partial charge in [-0.25, -0.2) is 0 Å². The van der Waals surface area contributed by atoms with Crippen LogP contribution in [0.25, 0.3) is 0 Å². The molecule has 2 unspecified atom stereocenters. The standard InChI is InChI=1S/C22H44Cl2O2/c1-3-21(23)15-11-7-5-9-13-17-25-19-20-26-18-14-10-6-8-12-16-22(24)4-2/h21-22H,3-20H2,1-2H3. The number of alkyl halides is 2. The summed E-state index contributed by atoms with van der Waals surface area (Å²) >= 11 is 12.2. The van der Waals surface area contributed by atoms with E-state index >= 15 is 0 Å². The summed E-state index contributed by atoms with van der Waals surface area (Å²) in [5, 5.41) is 0.755. The second kappa shape index (κ2) is 21.8. The van der Waals surface area contributed by atoms with Crippen molar-refractivity contribution in [3.63, 3.8) is 0 Å². The van der Waals surface area contributed by atoms with Crippen LogP contribution in [0.4, 0.5) is 0 Å². The van der Waals surface area contributed by atoms with Gasteiger partial charge in [-0.2, -0.15) is 0 Å². The molecule has 0 heterocycles. The van der Waals surface area contributed by atoms with Crippen molar-refractivity contribution in [2.24, 2.45) is 0 Å². The third-order valence-corrected chi connectivity index (χ3v) is 5.92. The van der Waals surface area contributed by atoms with Crippen molar-refractivity contribution in [3.8, 4) is 0 Å². The Morgan fingerprint density at radius 1 is 0.500 bits per heavy atom. The van der Waals surface area contributed by atoms with Gasteiger partial charge in [-0.15, -0.1) is 23.2 Å². The maximum atomic E-state index is 6.12. The zero-order valence-electron chi connectivity index (χ0n) is 17.5. The van der Waals surface area contributed by atoms with E-state index in [-0.39, 0.29) is 0 Å². The van der Waals surface area contributed by atoms with Gasteiger partial charge in [0.1, 0.15) is 0 Å². The lowest BCUT2D eigenvalue weighted by atomic mass is 10.1. The van der Waals surface area contributed by atoms with Gasteiger partial charge in [0, 0.05) is 24.0 Å². The van der Waals surface area contributed by atoms with Gasteiger partial charge in [0.05, 0.1) is 13.2 Å². The first kappa shape index (κ1) is 26.5. The molecule has 0 aromatic heterocycles. The number of unbranched alkanes of at least 4 members (excludes halogenated alkanes) is 8. The van der Waals surface area contributed by atoms with Gasteiger partial charge in [0.15, 0.2) is 0 Å². The fourth-order valence-corrected chi connectivity index (χ4v) is 3.24. The number of ether oxygens (including phenoxy) is 2. The van der Waals surface area contributed by atoms with Crippen molar-refractivity contribution in [1.82, 2.24) is 0 Å². The smallest absolute Gasteiger partial charge is 0.0700 e. The van der Waals surface area contributed by atoms with Crippen molar-refractivity contribution >= 4 is 23.2 Å². The van der Waals surface area contributed by atoms with Crippen molar-refractivity contribution < 1.29 is 9.47 Å². The summed E-state index contributed by atoms with van der Waals surface area (Å²) < 4.78 is 11.3. The Kier molecular flexibility index (Phi) is 22.2. The molecule has 0 aliphatic rings. The summed E-state index contributed by atoms with van der Waals surface area (Å²) in [6.45, 7) is 7.53. The van der Waals surface area contributed by atoms with Crippen LogP contribution >= 0.6 is 23.2 Å². The molecule has 0 aliphatic heterocycles. The second-order valence-electron chi connectivity index (χ2n) is 7.35. The third kappa shape index (κ3) is 20.8. The first-order valence-electron chi connectivity index (χ1n) is 11.1. The van der Waals surface area contributed by atoms with Gasteiger partial charge >= 0.3 is 0 Å². The SMILES string of the molecule is CCC(Cl)CCCCCCCOCCOCCCCCCCC(Cl)CC. The molecule has 0 aromatic carbocycles. The lowest BCUT2D eigenvalue weighted by Gasteiger charge is -2.07. The second-order valence-corrected chi connectivity index (χ2v) is 8.58. The van der Waals surface area contributed by atoms with Crippen LogP contribution < -0.4 is 0 Å². The maximum absolute atomic E-state index is 6.12. The highest BCUT2D eigenvalue weighted by molar-refractivity contribution is 6.20. The van der Waals surface area contributed by atoms with Crippen LogP contribution in [0.1, 0.15) is 104 Å². The van der Waals surface area contributed by atoms with Crippen LogP contribution in [0.3, 0.4) is 0 Å². The molecule has 2 atom stereocenters. The minimum Gasteiger partial charge on any atom is -0.379 e. The first-order chi connectivity index (χ1) is 12.7. The Morgan fingerprint density at radius 3 is 1.23 bits per heavy atom. The number of rotatable bonds is 21. The molecule has 0 rings (SSSR count). The van der Waals surface area contributed by atoms with Crippen molar-refractivity contribution in [1.29, 1.82) is 0 Å². The number of hydrogen-bond acceptors (Lipinski definition) is 2. The quantitative estimate of drug-likeness (QED) is 0.142. The molecular weight excluding hydrogens is 367 g/mol. The highest BCUT2D eigenvalue weighted by Crippen LogP contribution is 2.14. The van der Waals surface area contributed by atoms with E-state index in [9.17, 15) is 0 Å². The zero-order chi connectivity index (χ0) is 19.3. The highest BCUT2D eigenvalue weighted by atomic mass is 35.5. The molecule has 0 amide bonds. The van der Waals surface area contributed by atoms with Crippen LogP contribution in [-0.4, -0.2) is 37.2 Å². The molecule has 158 valence electrons. The lowest BCUT2D eigenvalue weighted by Crippen LogP contribution is -2.06. The Balaban J connectivity index is 3.03. The van der Waals surface area contributed by atoms with E-state index in [0.717, 1.165) is 39.3 Å². The molecule has 0 radical (unpaired) electrons. The average Bonchev–Trinajstić information content (AvgIpc) is 2.66. The van der Waals surface area contributed by atoms with Gasteiger partial charge in [-0.3, -0.25) is 0 Å². The van der Waals surface area contributed by atoms with Crippen molar-refractivity contribution in [2.45, 2.75) is 114 Å². The molecule has 0 aliphatic carbocycles. The summed E-state index contributed by atoms with van der Waals surface area (Å²) in [5.74, 6) is 0. The van der Waals surface area contributed by atoms with E-state index in [1.165, 1.54) is 77.0 Å². The molecule has 4 heteroatoms. The van der Waals surface area contributed by atoms with Crippen LogP contribution in [-0.2, 0) is 9.47 Å². The Bertz CT molecular complexity index is 239. The van der Waals surface area contributed by atoms with Gasteiger partial charge in [0.2, 0.25) is 0 Å². The molecule has 0 saturated heterocycles. The lowest BCUT2D eigenvalue weighted by molar-refractivity contribution is 0.0448. The van der Waals surface area contributed by atoms with Crippen LogP contribution in [0.15, 0.2) is 0 Å². The largest absolute Gasteiger partial charge is 0.379 e. The molecule has 0 fully saturated rings. The molecule has 0 spiro atoms.